The number of fused-ring (bicyclic) bond motifs is 1. The number of carbonyl (C=O) groups is 1. The van der Waals surface area contributed by atoms with E-state index in [1.165, 1.54) is 12.0 Å². The number of likely N-dealkylation sites (tertiary alicyclic amines) is 1. The second-order valence-electron chi connectivity index (χ2n) is 9.45. The van der Waals surface area contributed by atoms with E-state index >= 15 is 0 Å². The van der Waals surface area contributed by atoms with Gasteiger partial charge >= 0.3 is 0 Å². The summed E-state index contributed by atoms with van der Waals surface area (Å²) in [4.78, 5) is 26.3. The first-order chi connectivity index (χ1) is 17.4. The number of anilines is 1. The molecule has 4 heterocycles. The third-order valence-corrected chi connectivity index (χ3v) is 6.39. The number of nitrogens with one attached hydrogen (secondary N) is 1. The summed E-state index contributed by atoms with van der Waals surface area (Å²) in [6.07, 6.45) is 7.75. The number of imidazole rings is 1. The molecule has 182 valence electrons. The summed E-state index contributed by atoms with van der Waals surface area (Å²) in [5, 5.41) is 7.30. The fourth-order valence-electron chi connectivity index (χ4n) is 4.55. The van der Waals surface area contributed by atoms with E-state index < -0.39 is 0 Å². The van der Waals surface area contributed by atoms with Gasteiger partial charge < -0.3 is 10.2 Å². The van der Waals surface area contributed by atoms with Gasteiger partial charge in [-0.05, 0) is 74.8 Å². The molecule has 1 aromatic carbocycles. The molecule has 3 aromatic heterocycles. The van der Waals surface area contributed by atoms with Crippen LogP contribution in [0.15, 0.2) is 61.2 Å². The van der Waals surface area contributed by atoms with E-state index in [1.807, 2.05) is 18.2 Å². The summed E-state index contributed by atoms with van der Waals surface area (Å²) >= 11 is 0. The highest BCUT2D eigenvalue weighted by Gasteiger charge is 2.23. The molecule has 1 saturated heterocycles. The maximum atomic E-state index is 13.0. The van der Waals surface area contributed by atoms with E-state index in [2.05, 4.69) is 75.2 Å². The maximum absolute atomic E-state index is 13.0. The van der Waals surface area contributed by atoms with Crippen molar-refractivity contribution in [3.05, 3.63) is 89.1 Å². The Morgan fingerprint density at radius 1 is 1.17 bits per heavy atom. The van der Waals surface area contributed by atoms with Crippen LogP contribution in [-0.4, -0.2) is 68.5 Å². The summed E-state index contributed by atoms with van der Waals surface area (Å²) in [5.41, 5.74) is 5.59. The Bertz CT molecular complexity index is 1460. The molecule has 8 nitrogen and oxygen atoms in total. The molecule has 0 bridgehead atoms. The lowest BCUT2D eigenvalue weighted by atomic mass is 10.1. The van der Waals surface area contributed by atoms with Crippen LogP contribution >= 0.6 is 0 Å². The highest BCUT2D eigenvalue weighted by atomic mass is 16.1. The standard InChI is InChI=1S/C28H29N7O/c1-20-11-22(18-34-10-8-26(19-34)33(2)3)14-24(12-20)32-28(36)23-13-21(15-29-16-23)6-7-25-17-30-27-5-4-9-31-35(25)27/h4-5,9,11-17,26H,8,10,18-19H2,1-3H3,(H,32,36)/t26-/m1/s1. The lowest BCUT2D eigenvalue weighted by Crippen LogP contribution is -2.31. The van der Waals surface area contributed by atoms with Crippen LogP contribution in [0, 0.1) is 18.8 Å². The Morgan fingerprint density at radius 2 is 2.06 bits per heavy atom. The van der Waals surface area contributed by atoms with Crippen molar-refractivity contribution in [1.29, 1.82) is 0 Å². The normalized spacial score (nSPS) is 15.7. The van der Waals surface area contributed by atoms with Crippen molar-refractivity contribution in [2.45, 2.75) is 25.9 Å². The Kier molecular flexibility index (Phi) is 6.76. The molecule has 0 aliphatic carbocycles. The van der Waals surface area contributed by atoms with Crippen LogP contribution in [0.25, 0.3) is 5.65 Å². The third-order valence-electron chi connectivity index (χ3n) is 6.39. The molecule has 0 radical (unpaired) electrons. The van der Waals surface area contributed by atoms with Gasteiger partial charge in [-0.2, -0.15) is 5.10 Å². The first-order valence-electron chi connectivity index (χ1n) is 12.0. The van der Waals surface area contributed by atoms with Gasteiger partial charge in [0.05, 0.1) is 11.8 Å². The largest absolute Gasteiger partial charge is 0.322 e. The number of benzene rings is 1. The number of likely N-dealkylation sites (N-methyl/N-ethyl adjacent to an activating group) is 1. The van der Waals surface area contributed by atoms with Crippen LogP contribution in [0.3, 0.4) is 0 Å². The zero-order valence-corrected chi connectivity index (χ0v) is 20.8. The van der Waals surface area contributed by atoms with Gasteiger partial charge in [-0.15, -0.1) is 0 Å². The fourth-order valence-corrected chi connectivity index (χ4v) is 4.55. The number of hydrogen-bond donors (Lipinski definition) is 1. The molecular weight excluding hydrogens is 450 g/mol. The van der Waals surface area contributed by atoms with Crippen LogP contribution in [0.4, 0.5) is 5.69 Å². The molecule has 1 amide bonds. The fraction of sp³-hybridized carbons (Fsp3) is 0.286. The second-order valence-corrected chi connectivity index (χ2v) is 9.45. The summed E-state index contributed by atoms with van der Waals surface area (Å²) in [5.74, 6) is 5.92. The molecule has 0 saturated carbocycles. The number of nitrogens with zero attached hydrogens (tertiary/aromatic N) is 6. The molecule has 8 heteroatoms. The van der Waals surface area contributed by atoms with E-state index in [-0.39, 0.29) is 5.91 Å². The molecule has 1 fully saturated rings. The highest BCUT2D eigenvalue weighted by Crippen LogP contribution is 2.21. The number of aryl methyl sites for hydroxylation is 1. The minimum atomic E-state index is -0.215. The summed E-state index contributed by atoms with van der Waals surface area (Å²) in [6, 6.07) is 12.3. The van der Waals surface area contributed by atoms with Crippen molar-refractivity contribution < 1.29 is 4.79 Å². The van der Waals surface area contributed by atoms with E-state index in [1.54, 1.807) is 35.4 Å². The summed E-state index contributed by atoms with van der Waals surface area (Å²) < 4.78 is 1.68. The lowest BCUT2D eigenvalue weighted by molar-refractivity contribution is 0.102. The molecule has 1 aliphatic rings. The Hall–Kier alpha value is -4.06. The molecule has 5 rings (SSSR count). The Labute approximate surface area is 211 Å². The highest BCUT2D eigenvalue weighted by molar-refractivity contribution is 6.04. The van der Waals surface area contributed by atoms with Crippen LogP contribution in [0.1, 0.15) is 39.2 Å². The van der Waals surface area contributed by atoms with Gasteiger partial charge in [0.1, 0.15) is 5.69 Å². The second kappa shape index (κ2) is 10.3. The number of hydrogen-bond acceptors (Lipinski definition) is 6. The average Bonchev–Trinajstić information content (AvgIpc) is 3.50. The topological polar surface area (TPSA) is 78.7 Å². The van der Waals surface area contributed by atoms with Crippen molar-refractivity contribution in [1.82, 2.24) is 29.4 Å². The van der Waals surface area contributed by atoms with E-state index in [0.717, 1.165) is 36.5 Å². The van der Waals surface area contributed by atoms with E-state index in [4.69, 9.17) is 0 Å². The zero-order chi connectivity index (χ0) is 25.1. The number of pyridine rings is 1. The van der Waals surface area contributed by atoms with Crippen LogP contribution in [-0.2, 0) is 6.54 Å². The number of aromatic nitrogens is 4. The van der Waals surface area contributed by atoms with Crippen molar-refractivity contribution in [3.63, 3.8) is 0 Å². The molecule has 1 N–H and O–H groups in total. The summed E-state index contributed by atoms with van der Waals surface area (Å²) in [6.45, 7) is 5.08. The minimum absolute atomic E-state index is 0.215. The Morgan fingerprint density at radius 3 is 2.89 bits per heavy atom. The van der Waals surface area contributed by atoms with Crippen molar-refractivity contribution in [2.75, 3.05) is 32.5 Å². The van der Waals surface area contributed by atoms with Gasteiger partial charge in [-0.25, -0.2) is 9.50 Å². The summed E-state index contributed by atoms with van der Waals surface area (Å²) in [7, 11) is 4.28. The van der Waals surface area contributed by atoms with E-state index in [9.17, 15) is 4.79 Å². The van der Waals surface area contributed by atoms with Crippen LogP contribution < -0.4 is 5.32 Å². The van der Waals surface area contributed by atoms with Crippen molar-refractivity contribution in [3.8, 4) is 11.8 Å². The van der Waals surface area contributed by atoms with Crippen molar-refractivity contribution >= 4 is 17.2 Å². The molecule has 4 aromatic rings. The molecule has 0 unspecified atom stereocenters. The van der Waals surface area contributed by atoms with Gasteiger partial charge in [-0.1, -0.05) is 12.0 Å². The predicted molar refractivity (Wildman–Crippen MR) is 140 cm³/mol. The van der Waals surface area contributed by atoms with Crippen LogP contribution in [0.2, 0.25) is 0 Å². The van der Waals surface area contributed by atoms with E-state index in [0.29, 0.717) is 22.9 Å². The van der Waals surface area contributed by atoms with Crippen LogP contribution in [0.5, 0.6) is 0 Å². The smallest absolute Gasteiger partial charge is 0.257 e. The van der Waals surface area contributed by atoms with Gasteiger partial charge in [0.25, 0.3) is 5.91 Å². The average molecular weight is 480 g/mol. The molecule has 36 heavy (non-hydrogen) atoms. The quantitative estimate of drug-likeness (QED) is 0.443. The zero-order valence-electron chi connectivity index (χ0n) is 20.8. The number of carbonyl (C=O) groups excluding carboxylic acids is 1. The SMILES string of the molecule is Cc1cc(CN2CC[C@@H](N(C)C)C2)cc(NC(=O)c2cncc(C#Cc3cnc4cccnn34)c2)c1. The molecule has 0 spiro atoms. The van der Waals surface area contributed by atoms with Gasteiger partial charge in [-0.3, -0.25) is 14.7 Å². The number of amides is 1. The molecule has 1 atom stereocenters. The molecular formula is C28H29N7O. The minimum Gasteiger partial charge on any atom is -0.322 e. The first-order valence-corrected chi connectivity index (χ1v) is 12.0. The van der Waals surface area contributed by atoms with Crippen molar-refractivity contribution in [2.24, 2.45) is 0 Å². The maximum Gasteiger partial charge on any atom is 0.257 e. The van der Waals surface area contributed by atoms with Gasteiger partial charge in [0.2, 0.25) is 0 Å². The lowest BCUT2D eigenvalue weighted by Gasteiger charge is -2.20. The third kappa shape index (κ3) is 5.43. The monoisotopic (exact) mass is 479 g/mol. The molecule has 1 aliphatic heterocycles. The number of rotatable bonds is 5. The predicted octanol–water partition coefficient (Wildman–Crippen LogP) is 3.22. The van der Waals surface area contributed by atoms with Gasteiger partial charge in [0, 0.05) is 55.5 Å². The van der Waals surface area contributed by atoms with Gasteiger partial charge in [0.15, 0.2) is 5.65 Å². The Balaban J connectivity index is 1.28. The first kappa shape index (κ1) is 23.7.